The molecule has 1 heterocycles. The SMILES string of the molecule is CCCCCCC1(CCC)CSC(=S)O1. The maximum Gasteiger partial charge on any atom is 0.220 e. The van der Waals surface area contributed by atoms with Crippen LogP contribution in [-0.4, -0.2) is 15.7 Å². The zero-order valence-corrected chi connectivity index (χ0v) is 11.5. The monoisotopic (exact) mass is 246 g/mol. The van der Waals surface area contributed by atoms with E-state index in [2.05, 4.69) is 13.8 Å². The molecule has 1 nitrogen and oxygen atoms in total. The van der Waals surface area contributed by atoms with E-state index in [0.29, 0.717) is 0 Å². The second-order valence-corrected chi connectivity index (χ2v) is 5.96. The molecule has 0 N–H and O–H groups in total. The number of rotatable bonds is 7. The lowest BCUT2D eigenvalue weighted by Crippen LogP contribution is -2.31. The van der Waals surface area contributed by atoms with Gasteiger partial charge in [0.15, 0.2) is 0 Å². The van der Waals surface area contributed by atoms with Gasteiger partial charge in [-0.1, -0.05) is 51.3 Å². The van der Waals surface area contributed by atoms with Crippen LogP contribution in [0.15, 0.2) is 0 Å². The molecule has 88 valence electrons. The summed E-state index contributed by atoms with van der Waals surface area (Å²) in [5, 5.41) is 0. The number of thioether (sulfide) groups is 1. The second kappa shape index (κ2) is 6.74. The summed E-state index contributed by atoms with van der Waals surface area (Å²) in [6.45, 7) is 4.47. The van der Waals surface area contributed by atoms with E-state index in [9.17, 15) is 0 Å². The summed E-state index contributed by atoms with van der Waals surface area (Å²) >= 11 is 6.84. The average Bonchev–Trinajstić information content (AvgIpc) is 2.56. The van der Waals surface area contributed by atoms with Crippen molar-refractivity contribution < 1.29 is 4.74 Å². The second-order valence-electron chi connectivity index (χ2n) is 4.38. The minimum atomic E-state index is 0.0875. The molecule has 1 aliphatic heterocycles. The zero-order chi connectivity index (χ0) is 11.1. The Morgan fingerprint density at radius 3 is 2.53 bits per heavy atom. The van der Waals surface area contributed by atoms with Crippen molar-refractivity contribution in [2.24, 2.45) is 0 Å². The van der Waals surface area contributed by atoms with Crippen LogP contribution in [0.25, 0.3) is 0 Å². The normalized spacial score (nSPS) is 25.6. The van der Waals surface area contributed by atoms with Gasteiger partial charge < -0.3 is 4.74 Å². The number of ether oxygens (including phenoxy) is 1. The van der Waals surface area contributed by atoms with Crippen LogP contribution in [0.1, 0.15) is 58.8 Å². The highest BCUT2D eigenvalue weighted by Crippen LogP contribution is 2.37. The zero-order valence-electron chi connectivity index (χ0n) is 9.88. The summed E-state index contributed by atoms with van der Waals surface area (Å²) in [5.41, 5.74) is 0.0875. The molecule has 0 spiro atoms. The highest BCUT2D eigenvalue weighted by atomic mass is 32.2. The summed E-state index contributed by atoms with van der Waals surface area (Å²) in [6.07, 6.45) is 8.81. The molecule has 0 amide bonds. The Bertz CT molecular complexity index is 206. The molecule has 0 bridgehead atoms. The van der Waals surface area contributed by atoms with E-state index in [0.717, 1.165) is 16.6 Å². The van der Waals surface area contributed by atoms with Crippen LogP contribution in [0.4, 0.5) is 0 Å². The highest BCUT2D eigenvalue weighted by molar-refractivity contribution is 8.22. The Hall–Kier alpha value is 0.240. The van der Waals surface area contributed by atoms with Gasteiger partial charge in [0.25, 0.3) is 0 Å². The fraction of sp³-hybridized carbons (Fsp3) is 0.917. The largest absolute Gasteiger partial charge is 0.471 e. The highest BCUT2D eigenvalue weighted by Gasteiger charge is 2.37. The van der Waals surface area contributed by atoms with Crippen LogP contribution in [-0.2, 0) is 4.74 Å². The molecule has 0 aromatic heterocycles. The fourth-order valence-corrected chi connectivity index (χ4v) is 3.44. The van der Waals surface area contributed by atoms with E-state index in [1.165, 1.54) is 38.5 Å². The number of unbranched alkanes of at least 4 members (excludes halogenated alkanes) is 3. The third-order valence-electron chi connectivity index (χ3n) is 2.94. The summed E-state index contributed by atoms with van der Waals surface area (Å²) in [6, 6.07) is 0. The first-order chi connectivity index (χ1) is 7.22. The molecule has 1 atom stereocenters. The van der Waals surface area contributed by atoms with Gasteiger partial charge in [0, 0.05) is 5.75 Å². The van der Waals surface area contributed by atoms with Gasteiger partial charge in [0.1, 0.15) is 5.60 Å². The molecular formula is C12H22OS2. The Labute approximate surface area is 103 Å². The summed E-state index contributed by atoms with van der Waals surface area (Å²) in [5.74, 6) is 1.08. The van der Waals surface area contributed by atoms with Crippen LogP contribution in [0.3, 0.4) is 0 Å². The Balaban J connectivity index is 2.33. The Morgan fingerprint density at radius 2 is 2.00 bits per heavy atom. The first-order valence-electron chi connectivity index (χ1n) is 6.08. The molecule has 1 aliphatic rings. The number of hydrogen-bond acceptors (Lipinski definition) is 3. The molecule has 0 aliphatic carbocycles. The maximum atomic E-state index is 5.86. The van der Waals surface area contributed by atoms with Gasteiger partial charge in [-0.25, -0.2) is 0 Å². The standard InChI is InChI=1S/C12H22OS2/c1-3-5-6-7-9-12(8-4-2)10-15-11(14)13-12/h3-10H2,1-2H3. The minimum Gasteiger partial charge on any atom is -0.471 e. The molecular weight excluding hydrogens is 224 g/mol. The van der Waals surface area contributed by atoms with Gasteiger partial charge in [-0.15, -0.1) is 0 Å². The molecule has 0 aromatic rings. The molecule has 1 rings (SSSR count). The molecule has 3 heteroatoms. The van der Waals surface area contributed by atoms with E-state index in [-0.39, 0.29) is 5.60 Å². The summed E-state index contributed by atoms with van der Waals surface area (Å²) < 4.78 is 6.63. The van der Waals surface area contributed by atoms with Crippen molar-refractivity contribution in [3.8, 4) is 0 Å². The minimum absolute atomic E-state index is 0.0875. The first-order valence-corrected chi connectivity index (χ1v) is 7.47. The van der Waals surface area contributed by atoms with E-state index in [4.69, 9.17) is 17.0 Å². The van der Waals surface area contributed by atoms with Gasteiger partial charge in [-0.05, 0) is 31.5 Å². The molecule has 0 saturated carbocycles. The van der Waals surface area contributed by atoms with Crippen LogP contribution in [0.5, 0.6) is 0 Å². The van der Waals surface area contributed by atoms with Crippen LogP contribution in [0, 0.1) is 0 Å². The van der Waals surface area contributed by atoms with Gasteiger partial charge in [0.2, 0.25) is 4.38 Å². The third-order valence-corrected chi connectivity index (χ3v) is 4.37. The van der Waals surface area contributed by atoms with E-state index >= 15 is 0 Å². The van der Waals surface area contributed by atoms with E-state index in [1.807, 2.05) is 0 Å². The summed E-state index contributed by atoms with van der Waals surface area (Å²) in [7, 11) is 0. The van der Waals surface area contributed by atoms with E-state index in [1.54, 1.807) is 11.8 Å². The first kappa shape index (κ1) is 13.3. The number of hydrogen-bond donors (Lipinski definition) is 0. The average molecular weight is 246 g/mol. The van der Waals surface area contributed by atoms with Gasteiger partial charge in [-0.2, -0.15) is 0 Å². The van der Waals surface area contributed by atoms with Gasteiger partial charge >= 0.3 is 0 Å². The molecule has 1 saturated heterocycles. The smallest absolute Gasteiger partial charge is 0.220 e. The number of thiocarbonyl (C=S) groups is 1. The molecule has 0 radical (unpaired) electrons. The molecule has 1 fully saturated rings. The Kier molecular flexibility index (Phi) is 5.98. The quantitative estimate of drug-likeness (QED) is 0.482. The predicted molar refractivity (Wildman–Crippen MR) is 72.5 cm³/mol. The van der Waals surface area contributed by atoms with Crippen molar-refractivity contribution in [2.75, 3.05) is 5.75 Å². The topological polar surface area (TPSA) is 9.23 Å². The van der Waals surface area contributed by atoms with Crippen molar-refractivity contribution in [2.45, 2.75) is 64.4 Å². The van der Waals surface area contributed by atoms with Gasteiger partial charge in [-0.3, -0.25) is 0 Å². The van der Waals surface area contributed by atoms with Crippen LogP contribution in [0.2, 0.25) is 0 Å². The van der Waals surface area contributed by atoms with Crippen molar-refractivity contribution in [3.63, 3.8) is 0 Å². The predicted octanol–water partition coefficient (Wildman–Crippen LogP) is 4.54. The fourth-order valence-electron chi connectivity index (χ4n) is 2.13. The lowest BCUT2D eigenvalue weighted by Gasteiger charge is -2.27. The van der Waals surface area contributed by atoms with Crippen LogP contribution >= 0.6 is 24.0 Å². The van der Waals surface area contributed by atoms with Crippen molar-refractivity contribution >= 4 is 28.4 Å². The third kappa shape index (κ3) is 4.31. The van der Waals surface area contributed by atoms with E-state index < -0.39 is 0 Å². The molecule has 1 unspecified atom stereocenters. The Morgan fingerprint density at radius 1 is 1.20 bits per heavy atom. The van der Waals surface area contributed by atoms with Crippen molar-refractivity contribution in [1.29, 1.82) is 0 Å². The lowest BCUT2D eigenvalue weighted by atomic mass is 9.93. The van der Waals surface area contributed by atoms with Gasteiger partial charge in [0.05, 0.1) is 0 Å². The molecule has 0 aromatic carbocycles. The lowest BCUT2D eigenvalue weighted by molar-refractivity contribution is 0.0746. The molecule has 15 heavy (non-hydrogen) atoms. The van der Waals surface area contributed by atoms with Crippen molar-refractivity contribution in [3.05, 3.63) is 0 Å². The van der Waals surface area contributed by atoms with Crippen LogP contribution < -0.4 is 0 Å². The summed E-state index contributed by atoms with van der Waals surface area (Å²) in [4.78, 5) is 0. The van der Waals surface area contributed by atoms with Crippen molar-refractivity contribution in [1.82, 2.24) is 0 Å². The maximum absolute atomic E-state index is 5.86.